The van der Waals surface area contributed by atoms with Gasteiger partial charge in [0.05, 0.1) is 16.2 Å². The molecule has 0 fully saturated rings. The molecule has 1 aromatic carbocycles. The van der Waals surface area contributed by atoms with Crippen LogP contribution in [0.15, 0.2) is 58.0 Å². The standard InChI is InChI=1S/C16H16N2O4S/c17-23(20,21)13-8-6-11(7-9-13)15-14(10-19)22-18-16(15)12-4-2-1-3-5-12/h1-4,6-9,12,19H,5,10H2,(H2,17,20,21). The first-order valence-electron chi connectivity index (χ1n) is 7.06. The van der Waals surface area contributed by atoms with E-state index in [2.05, 4.69) is 5.16 Å². The van der Waals surface area contributed by atoms with Gasteiger partial charge in [-0.05, 0) is 24.1 Å². The van der Waals surface area contributed by atoms with E-state index in [9.17, 15) is 13.5 Å². The van der Waals surface area contributed by atoms with Gasteiger partial charge in [-0.15, -0.1) is 0 Å². The molecule has 7 heteroatoms. The van der Waals surface area contributed by atoms with E-state index in [1.807, 2.05) is 24.3 Å². The third-order valence-electron chi connectivity index (χ3n) is 3.74. The SMILES string of the molecule is NS(=O)(=O)c1ccc(-c2c(C3C=CC=CC3)noc2CO)cc1. The zero-order valence-electron chi connectivity index (χ0n) is 12.2. The van der Waals surface area contributed by atoms with Crippen LogP contribution >= 0.6 is 0 Å². The number of aromatic nitrogens is 1. The van der Waals surface area contributed by atoms with Crippen LogP contribution in [0.2, 0.25) is 0 Å². The lowest BCUT2D eigenvalue weighted by molar-refractivity contribution is 0.229. The Bertz CT molecular complexity index is 864. The maximum Gasteiger partial charge on any atom is 0.238 e. The van der Waals surface area contributed by atoms with E-state index in [4.69, 9.17) is 9.66 Å². The number of sulfonamides is 1. The quantitative estimate of drug-likeness (QED) is 0.891. The van der Waals surface area contributed by atoms with E-state index in [1.54, 1.807) is 12.1 Å². The topological polar surface area (TPSA) is 106 Å². The van der Waals surface area contributed by atoms with Gasteiger partial charge < -0.3 is 9.63 Å². The second-order valence-electron chi connectivity index (χ2n) is 5.25. The average Bonchev–Trinajstić information content (AvgIpc) is 2.99. The number of allylic oxidation sites excluding steroid dienone is 4. The smallest absolute Gasteiger partial charge is 0.238 e. The molecule has 0 saturated heterocycles. The molecule has 0 aliphatic heterocycles. The summed E-state index contributed by atoms with van der Waals surface area (Å²) in [6.45, 7) is -0.286. The van der Waals surface area contributed by atoms with Crippen LogP contribution in [-0.4, -0.2) is 18.7 Å². The van der Waals surface area contributed by atoms with E-state index >= 15 is 0 Å². The summed E-state index contributed by atoms with van der Waals surface area (Å²) in [6.07, 6.45) is 8.74. The zero-order valence-corrected chi connectivity index (χ0v) is 13.0. The molecule has 0 spiro atoms. The van der Waals surface area contributed by atoms with Crippen LogP contribution in [0.4, 0.5) is 0 Å². The number of nitrogens with zero attached hydrogens (tertiary/aromatic N) is 1. The first-order chi connectivity index (χ1) is 11.0. The van der Waals surface area contributed by atoms with E-state index in [-0.39, 0.29) is 17.4 Å². The summed E-state index contributed by atoms with van der Waals surface area (Å²) >= 11 is 0. The number of aliphatic hydroxyl groups is 1. The number of rotatable bonds is 4. The van der Waals surface area contributed by atoms with Crippen molar-refractivity contribution in [1.29, 1.82) is 0 Å². The van der Waals surface area contributed by atoms with Gasteiger partial charge in [0.2, 0.25) is 10.0 Å². The molecule has 1 unspecified atom stereocenters. The Morgan fingerprint density at radius 2 is 2.00 bits per heavy atom. The van der Waals surface area contributed by atoms with E-state index in [0.29, 0.717) is 11.3 Å². The highest BCUT2D eigenvalue weighted by Gasteiger charge is 2.23. The van der Waals surface area contributed by atoms with Crippen molar-refractivity contribution in [3.8, 4) is 11.1 Å². The van der Waals surface area contributed by atoms with E-state index in [0.717, 1.165) is 17.7 Å². The molecule has 1 atom stereocenters. The normalized spacial score (nSPS) is 17.6. The van der Waals surface area contributed by atoms with Crippen molar-refractivity contribution in [2.45, 2.75) is 23.8 Å². The second kappa shape index (κ2) is 6.11. The van der Waals surface area contributed by atoms with Gasteiger partial charge in [-0.25, -0.2) is 13.6 Å². The lowest BCUT2D eigenvalue weighted by atomic mass is 9.91. The monoisotopic (exact) mass is 332 g/mol. The molecule has 0 bridgehead atoms. The van der Waals surface area contributed by atoms with Crippen LogP contribution in [0, 0.1) is 0 Å². The molecule has 23 heavy (non-hydrogen) atoms. The minimum atomic E-state index is -3.74. The second-order valence-corrected chi connectivity index (χ2v) is 6.81. The predicted octanol–water partition coefficient (Wildman–Crippen LogP) is 2.08. The van der Waals surface area contributed by atoms with Crippen LogP contribution < -0.4 is 5.14 Å². The highest BCUT2D eigenvalue weighted by molar-refractivity contribution is 7.89. The van der Waals surface area contributed by atoms with Crippen LogP contribution in [0.1, 0.15) is 23.8 Å². The van der Waals surface area contributed by atoms with Gasteiger partial charge in [0.1, 0.15) is 6.61 Å². The summed E-state index contributed by atoms with van der Waals surface area (Å²) in [5.41, 5.74) is 2.14. The van der Waals surface area contributed by atoms with Crippen molar-refractivity contribution in [3.05, 3.63) is 60.0 Å². The summed E-state index contributed by atoms with van der Waals surface area (Å²) in [7, 11) is -3.74. The Morgan fingerprint density at radius 1 is 1.26 bits per heavy atom. The minimum Gasteiger partial charge on any atom is -0.388 e. The van der Waals surface area contributed by atoms with Gasteiger partial charge >= 0.3 is 0 Å². The van der Waals surface area contributed by atoms with Crippen LogP contribution in [0.5, 0.6) is 0 Å². The minimum absolute atomic E-state index is 0.0327. The number of nitrogens with two attached hydrogens (primary N) is 1. The molecule has 0 saturated carbocycles. The Labute approximate surface area is 134 Å². The molecular weight excluding hydrogens is 316 g/mol. The molecule has 0 radical (unpaired) electrons. The zero-order chi connectivity index (χ0) is 16.4. The lowest BCUT2D eigenvalue weighted by Crippen LogP contribution is -2.11. The summed E-state index contributed by atoms with van der Waals surface area (Å²) in [4.78, 5) is 0.0327. The molecule has 1 aliphatic rings. The molecule has 0 amide bonds. The van der Waals surface area contributed by atoms with Crippen molar-refractivity contribution >= 4 is 10.0 Å². The summed E-state index contributed by atoms with van der Waals surface area (Å²) in [6, 6.07) is 6.13. The molecule has 1 aliphatic carbocycles. The fourth-order valence-corrected chi connectivity index (χ4v) is 3.12. The number of benzene rings is 1. The van der Waals surface area contributed by atoms with Crippen molar-refractivity contribution < 1.29 is 18.0 Å². The molecular formula is C16H16N2O4S. The maximum atomic E-state index is 11.4. The molecule has 3 rings (SSSR count). The van der Waals surface area contributed by atoms with Crippen molar-refractivity contribution in [3.63, 3.8) is 0 Å². The Hall–Kier alpha value is -2.22. The van der Waals surface area contributed by atoms with Crippen molar-refractivity contribution in [2.24, 2.45) is 5.14 Å². The van der Waals surface area contributed by atoms with Gasteiger partial charge in [0.15, 0.2) is 5.76 Å². The lowest BCUT2D eigenvalue weighted by Gasteiger charge is -2.12. The summed E-state index contributed by atoms with van der Waals surface area (Å²) in [5.74, 6) is 0.406. The van der Waals surface area contributed by atoms with Gasteiger partial charge in [-0.1, -0.05) is 41.6 Å². The number of aliphatic hydroxyl groups excluding tert-OH is 1. The van der Waals surface area contributed by atoms with Crippen molar-refractivity contribution in [2.75, 3.05) is 0 Å². The number of hydrogen-bond acceptors (Lipinski definition) is 5. The molecule has 6 nitrogen and oxygen atoms in total. The molecule has 1 heterocycles. The predicted molar refractivity (Wildman–Crippen MR) is 84.9 cm³/mol. The Morgan fingerprint density at radius 3 is 2.57 bits per heavy atom. The Kier molecular flexibility index (Phi) is 4.16. The van der Waals surface area contributed by atoms with Gasteiger partial charge in [0, 0.05) is 5.92 Å². The molecule has 2 aromatic rings. The fraction of sp³-hybridized carbons (Fsp3) is 0.188. The van der Waals surface area contributed by atoms with Crippen molar-refractivity contribution in [1.82, 2.24) is 5.16 Å². The third-order valence-corrected chi connectivity index (χ3v) is 4.67. The summed E-state index contributed by atoms with van der Waals surface area (Å²) in [5, 5.41) is 18.7. The van der Waals surface area contributed by atoms with Gasteiger partial charge in [-0.2, -0.15) is 0 Å². The first kappa shape index (κ1) is 15.7. The third kappa shape index (κ3) is 3.12. The maximum absolute atomic E-state index is 11.4. The van der Waals surface area contributed by atoms with Crippen LogP contribution in [0.3, 0.4) is 0 Å². The first-order valence-corrected chi connectivity index (χ1v) is 8.61. The molecule has 1 aromatic heterocycles. The van der Waals surface area contributed by atoms with Gasteiger partial charge in [0.25, 0.3) is 0 Å². The van der Waals surface area contributed by atoms with Crippen LogP contribution in [0.25, 0.3) is 11.1 Å². The number of hydrogen-bond donors (Lipinski definition) is 2. The molecule has 3 N–H and O–H groups in total. The van der Waals surface area contributed by atoms with Gasteiger partial charge in [-0.3, -0.25) is 0 Å². The van der Waals surface area contributed by atoms with Crippen LogP contribution in [-0.2, 0) is 16.6 Å². The largest absolute Gasteiger partial charge is 0.388 e. The van der Waals surface area contributed by atoms with E-state index < -0.39 is 10.0 Å². The number of primary sulfonamides is 1. The molecule has 120 valence electrons. The highest BCUT2D eigenvalue weighted by atomic mass is 32.2. The highest BCUT2D eigenvalue weighted by Crippen LogP contribution is 2.35. The average molecular weight is 332 g/mol. The Balaban J connectivity index is 2.06. The van der Waals surface area contributed by atoms with E-state index in [1.165, 1.54) is 12.1 Å². The summed E-state index contributed by atoms with van der Waals surface area (Å²) < 4.78 is 28.0. The fourth-order valence-electron chi connectivity index (χ4n) is 2.60.